The van der Waals surface area contributed by atoms with Gasteiger partial charge in [-0.05, 0) is 74.7 Å². The van der Waals surface area contributed by atoms with E-state index in [0.29, 0.717) is 18.3 Å². The van der Waals surface area contributed by atoms with E-state index in [1.54, 1.807) is 0 Å². The van der Waals surface area contributed by atoms with Crippen molar-refractivity contribution in [3.63, 3.8) is 0 Å². The number of carbonyl (C=O) groups excluding carboxylic acids is 1. The first kappa shape index (κ1) is 17.0. The third-order valence-corrected chi connectivity index (χ3v) is 6.10. The van der Waals surface area contributed by atoms with E-state index >= 15 is 0 Å². The van der Waals surface area contributed by atoms with Gasteiger partial charge in [0, 0.05) is 10.9 Å². The fourth-order valence-corrected chi connectivity index (χ4v) is 4.34. The van der Waals surface area contributed by atoms with E-state index in [4.69, 9.17) is 0 Å². The molecule has 1 aliphatic carbocycles. The van der Waals surface area contributed by atoms with Crippen LogP contribution in [0.25, 0.3) is 0 Å². The summed E-state index contributed by atoms with van der Waals surface area (Å²) in [6.07, 6.45) is 6.41. The van der Waals surface area contributed by atoms with Crippen molar-refractivity contribution in [1.82, 2.24) is 10.6 Å². The largest absolute Gasteiger partial charge is 0.347 e. The summed E-state index contributed by atoms with van der Waals surface area (Å²) in [6.45, 7) is 4.41. The fraction of sp³-hybridized carbons (Fsp3) is 0.632. The molecule has 2 N–H and O–H groups in total. The first-order valence-electron chi connectivity index (χ1n) is 8.87. The van der Waals surface area contributed by atoms with Crippen molar-refractivity contribution in [1.29, 1.82) is 0 Å². The molecule has 2 unspecified atom stereocenters. The van der Waals surface area contributed by atoms with Crippen molar-refractivity contribution in [2.45, 2.75) is 51.0 Å². The van der Waals surface area contributed by atoms with Crippen LogP contribution in [0.1, 0.15) is 51.0 Å². The van der Waals surface area contributed by atoms with E-state index < -0.39 is 0 Å². The minimum absolute atomic E-state index is 0.134. The van der Waals surface area contributed by atoms with Gasteiger partial charge >= 0.3 is 0 Å². The number of amides is 1. The van der Waals surface area contributed by atoms with Crippen LogP contribution in [0.5, 0.6) is 0 Å². The van der Waals surface area contributed by atoms with Crippen molar-refractivity contribution >= 4 is 21.8 Å². The van der Waals surface area contributed by atoms with Gasteiger partial charge in [-0.2, -0.15) is 0 Å². The zero-order chi connectivity index (χ0) is 16.3. The predicted molar refractivity (Wildman–Crippen MR) is 97.2 cm³/mol. The molecule has 3 nitrogen and oxygen atoms in total. The summed E-state index contributed by atoms with van der Waals surface area (Å²) in [5.74, 6) is 1.29. The molecule has 2 atom stereocenters. The van der Waals surface area contributed by atoms with Gasteiger partial charge in [-0.3, -0.25) is 4.79 Å². The number of benzene rings is 1. The lowest BCUT2D eigenvalue weighted by Crippen LogP contribution is -2.51. The molecule has 23 heavy (non-hydrogen) atoms. The number of hydrogen-bond donors (Lipinski definition) is 2. The van der Waals surface area contributed by atoms with Crippen LogP contribution in [-0.4, -0.2) is 19.0 Å². The lowest BCUT2D eigenvalue weighted by atomic mass is 9.71. The van der Waals surface area contributed by atoms with Crippen LogP contribution in [0.2, 0.25) is 0 Å². The first-order valence-corrected chi connectivity index (χ1v) is 9.66. The van der Waals surface area contributed by atoms with Crippen molar-refractivity contribution in [2.75, 3.05) is 13.1 Å². The Bertz CT molecular complexity index is 550. The molecule has 3 rings (SSSR count). The molecule has 1 aromatic carbocycles. The zero-order valence-electron chi connectivity index (χ0n) is 13.9. The van der Waals surface area contributed by atoms with Gasteiger partial charge in [0.2, 0.25) is 5.91 Å². The van der Waals surface area contributed by atoms with E-state index in [1.807, 2.05) is 6.07 Å². The molecular formula is C19H27BrN2O. The SMILES string of the molecule is CC(CC(=O)NC1(c2cccc(Br)c2)CCC1)C1CCCNC1. The number of halogens is 1. The van der Waals surface area contributed by atoms with Crippen LogP contribution >= 0.6 is 15.9 Å². The molecule has 1 amide bonds. The molecule has 4 heteroatoms. The third kappa shape index (κ3) is 3.97. The molecule has 0 bridgehead atoms. The maximum absolute atomic E-state index is 12.6. The Morgan fingerprint density at radius 2 is 2.26 bits per heavy atom. The molecule has 1 saturated carbocycles. The van der Waals surface area contributed by atoms with Gasteiger partial charge in [0.05, 0.1) is 5.54 Å². The molecule has 126 valence electrons. The van der Waals surface area contributed by atoms with E-state index in [-0.39, 0.29) is 11.4 Å². The van der Waals surface area contributed by atoms with E-state index in [1.165, 1.54) is 24.8 Å². The fourth-order valence-electron chi connectivity index (χ4n) is 3.94. The van der Waals surface area contributed by atoms with Crippen molar-refractivity contribution in [3.8, 4) is 0 Å². The number of piperidine rings is 1. The topological polar surface area (TPSA) is 41.1 Å². The molecule has 2 aliphatic rings. The summed E-state index contributed by atoms with van der Waals surface area (Å²) >= 11 is 3.55. The van der Waals surface area contributed by atoms with E-state index in [2.05, 4.69) is 51.7 Å². The second-order valence-electron chi connectivity index (χ2n) is 7.28. The maximum atomic E-state index is 12.6. The standard InChI is InChI=1S/C19H27BrN2O/c1-14(15-5-3-10-21-13-15)11-18(23)22-19(8-4-9-19)16-6-2-7-17(20)12-16/h2,6-7,12,14-15,21H,3-5,8-11,13H2,1H3,(H,22,23). The van der Waals surface area contributed by atoms with Gasteiger partial charge < -0.3 is 10.6 Å². The van der Waals surface area contributed by atoms with Crippen molar-refractivity contribution in [2.24, 2.45) is 11.8 Å². The highest BCUT2D eigenvalue weighted by molar-refractivity contribution is 9.10. The quantitative estimate of drug-likeness (QED) is 0.813. The van der Waals surface area contributed by atoms with Crippen LogP contribution in [0.15, 0.2) is 28.7 Å². The molecule has 1 aromatic rings. The minimum atomic E-state index is -0.134. The Balaban J connectivity index is 1.61. The molecule has 1 aliphatic heterocycles. The second kappa shape index (κ2) is 7.35. The summed E-state index contributed by atoms with van der Waals surface area (Å²) in [6, 6.07) is 8.38. The van der Waals surface area contributed by atoms with Crippen molar-refractivity contribution in [3.05, 3.63) is 34.3 Å². The van der Waals surface area contributed by atoms with Crippen LogP contribution in [0, 0.1) is 11.8 Å². The Morgan fingerprint density at radius 3 is 2.87 bits per heavy atom. The lowest BCUT2D eigenvalue weighted by Gasteiger charge is -2.43. The summed E-state index contributed by atoms with van der Waals surface area (Å²) < 4.78 is 1.08. The monoisotopic (exact) mass is 378 g/mol. The Kier molecular flexibility index (Phi) is 5.42. The Morgan fingerprint density at radius 1 is 1.43 bits per heavy atom. The number of hydrogen-bond acceptors (Lipinski definition) is 2. The molecular weight excluding hydrogens is 352 g/mol. The van der Waals surface area contributed by atoms with Gasteiger partial charge in [-0.25, -0.2) is 0 Å². The first-order chi connectivity index (χ1) is 11.1. The van der Waals surface area contributed by atoms with Crippen molar-refractivity contribution < 1.29 is 4.79 Å². The van der Waals surface area contributed by atoms with Gasteiger partial charge in [0.25, 0.3) is 0 Å². The molecule has 0 spiro atoms. The molecule has 0 aromatic heterocycles. The Hall–Kier alpha value is -0.870. The predicted octanol–water partition coefficient (Wildman–Crippen LogP) is 3.97. The lowest BCUT2D eigenvalue weighted by molar-refractivity contribution is -0.125. The van der Waals surface area contributed by atoms with Gasteiger partial charge in [-0.1, -0.05) is 35.0 Å². The van der Waals surface area contributed by atoms with Crippen LogP contribution in [0.4, 0.5) is 0 Å². The highest BCUT2D eigenvalue weighted by atomic mass is 79.9. The number of rotatable bonds is 5. The third-order valence-electron chi connectivity index (χ3n) is 5.61. The Labute approximate surface area is 147 Å². The number of carbonyl (C=O) groups is 1. The van der Waals surface area contributed by atoms with Gasteiger partial charge in [0.15, 0.2) is 0 Å². The molecule has 1 heterocycles. The smallest absolute Gasteiger partial charge is 0.220 e. The summed E-state index contributed by atoms with van der Waals surface area (Å²) in [4.78, 5) is 12.6. The van der Waals surface area contributed by atoms with E-state index in [9.17, 15) is 4.79 Å². The zero-order valence-corrected chi connectivity index (χ0v) is 15.5. The number of nitrogens with one attached hydrogen (secondary N) is 2. The van der Waals surface area contributed by atoms with E-state index in [0.717, 1.165) is 30.4 Å². The van der Waals surface area contributed by atoms with Crippen LogP contribution < -0.4 is 10.6 Å². The minimum Gasteiger partial charge on any atom is -0.347 e. The molecule has 0 radical (unpaired) electrons. The summed E-state index contributed by atoms with van der Waals surface area (Å²) in [7, 11) is 0. The normalized spacial score (nSPS) is 24.5. The average Bonchev–Trinajstić information content (AvgIpc) is 2.51. The maximum Gasteiger partial charge on any atom is 0.220 e. The van der Waals surface area contributed by atoms with Crippen LogP contribution in [-0.2, 0) is 10.3 Å². The average molecular weight is 379 g/mol. The molecule has 1 saturated heterocycles. The highest BCUT2D eigenvalue weighted by Gasteiger charge is 2.40. The van der Waals surface area contributed by atoms with Gasteiger partial charge in [0.1, 0.15) is 0 Å². The van der Waals surface area contributed by atoms with Crippen LogP contribution in [0.3, 0.4) is 0 Å². The highest BCUT2D eigenvalue weighted by Crippen LogP contribution is 2.42. The molecule has 2 fully saturated rings. The van der Waals surface area contributed by atoms with Gasteiger partial charge in [-0.15, -0.1) is 0 Å². The second-order valence-corrected chi connectivity index (χ2v) is 8.20. The summed E-state index contributed by atoms with van der Waals surface area (Å²) in [5, 5.41) is 6.82. The summed E-state index contributed by atoms with van der Waals surface area (Å²) in [5.41, 5.74) is 1.10.